The molecule has 17 heavy (non-hydrogen) atoms. The Morgan fingerprint density at radius 2 is 2.29 bits per heavy atom. The molecule has 1 saturated heterocycles. The fourth-order valence-corrected chi connectivity index (χ4v) is 2.38. The number of hydrogen-bond acceptors (Lipinski definition) is 4. The molecule has 2 N–H and O–H groups in total. The van der Waals surface area contributed by atoms with Crippen LogP contribution in [0.15, 0.2) is 24.7 Å². The van der Waals surface area contributed by atoms with Gasteiger partial charge in [-0.05, 0) is 18.4 Å². The normalized spacial score (nSPS) is 25.4. The van der Waals surface area contributed by atoms with Gasteiger partial charge in [0.25, 0.3) is 0 Å². The summed E-state index contributed by atoms with van der Waals surface area (Å²) in [5.41, 5.74) is 7.18. The van der Waals surface area contributed by atoms with Crippen molar-refractivity contribution < 1.29 is 0 Å². The zero-order valence-corrected chi connectivity index (χ0v) is 9.95. The summed E-state index contributed by atoms with van der Waals surface area (Å²) in [7, 11) is 0. The molecule has 2 aromatic heterocycles. The lowest BCUT2D eigenvalue weighted by Gasteiger charge is -2.35. The third-order valence-corrected chi connectivity index (χ3v) is 3.62. The Balaban J connectivity index is 1.96. The van der Waals surface area contributed by atoms with Crippen LogP contribution in [0.3, 0.4) is 0 Å². The zero-order chi connectivity index (χ0) is 11.8. The number of nitrogens with two attached hydrogens (primary N) is 1. The molecule has 0 amide bonds. The van der Waals surface area contributed by atoms with Crippen LogP contribution in [0.5, 0.6) is 0 Å². The molecular formula is C12H17N5. The largest absolute Gasteiger partial charge is 0.353 e. The molecule has 0 aromatic carbocycles. The van der Waals surface area contributed by atoms with Gasteiger partial charge in [0.05, 0.1) is 6.20 Å². The highest BCUT2D eigenvalue weighted by Crippen LogP contribution is 2.23. The first-order valence-corrected chi connectivity index (χ1v) is 6.04. The molecule has 3 rings (SSSR count). The number of nitrogens with zero attached hydrogens (tertiary/aromatic N) is 4. The van der Waals surface area contributed by atoms with Crippen molar-refractivity contribution >= 4 is 11.3 Å². The SMILES string of the molecule is CC1CCN(c2nccn3nccc23)CC1N. The van der Waals surface area contributed by atoms with Gasteiger partial charge in [-0.2, -0.15) is 5.10 Å². The van der Waals surface area contributed by atoms with E-state index in [2.05, 4.69) is 21.9 Å². The van der Waals surface area contributed by atoms with Crippen molar-refractivity contribution in [3.63, 3.8) is 0 Å². The maximum Gasteiger partial charge on any atom is 0.154 e. The lowest BCUT2D eigenvalue weighted by atomic mass is 9.94. The van der Waals surface area contributed by atoms with E-state index in [9.17, 15) is 0 Å². The summed E-state index contributed by atoms with van der Waals surface area (Å²) in [5.74, 6) is 1.59. The van der Waals surface area contributed by atoms with Gasteiger partial charge in [0.2, 0.25) is 0 Å². The molecule has 1 aliphatic heterocycles. The Hall–Kier alpha value is -1.62. The maximum absolute atomic E-state index is 6.13. The molecule has 5 nitrogen and oxygen atoms in total. The number of aromatic nitrogens is 3. The fraction of sp³-hybridized carbons (Fsp3) is 0.500. The number of hydrogen-bond donors (Lipinski definition) is 1. The average molecular weight is 231 g/mol. The second kappa shape index (κ2) is 4.00. The zero-order valence-electron chi connectivity index (χ0n) is 9.95. The van der Waals surface area contributed by atoms with E-state index in [1.807, 2.05) is 16.8 Å². The Kier molecular flexibility index (Phi) is 2.48. The monoisotopic (exact) mass is 231 g/mol. The molecule has 0 spiro atoms. The molecule has 0 saturated carbocycles. The van der Waals surface area contributed by atoms with Gasteiger partial charge in [-0.1, -0.05) is 6.92 Å². The smallest absolute Gasteiger partial charge is 0.154 e. The first-order valence-electron chi connectivity index (χ1n) is 6.04. The summed E-state index contributed by atoms with van der Waals surface area (Å²) in [6, 6.07) is 2.22. The minimum Gasteiger partial charge on any atom is -0.353 e. The molecule has 0 radical (unpaired) electrons. The highest BCUT2D eigenvalue weighted by Gasteiger charge is 2.25. The quantitative estimate of drug-likeness (QED) is 0.792. The summed E-state index contributed by atoms with van der Waals surface area (Å²) < 4.78 is 1.85. The van der Waals surface area contributed by atoms with Crippen molar-refractivity contribution in [2.24, 2.45) is 11.7 Å². The second-order valence-corrected chi connectivity index (χ2v) is 4.79. The van der Waals surface area contributed by atoms with E-state index in [1.54, 1.807) is 12.4 Å². The average Bonchev–Trinajstić information content (AvgIpc) is 2.80. The van der Waals surface area contributed by atoms with Crippen molar-refractivity contribution in [3.8, 4) is 0 Å². The Labute approximate surface area is 100 Å². The molecule has 2 aromatic rings. The second-order valence-electron chi connectivity index (χ2n) is 4.79. The van der Waals surface area contributed by atoms with Gasteiger partial charge in [-0.25, -0.2) is 9.50 Å². The van der Waals surface area contributed by atoms with Crippen LogP contribution in [-0.4, -0.2) is 33.7 Å². The van der Waals surface area contributed by atoms with Crippen molar-refractivity contribution in [1.29, 1.82) is 0 Å². The van der Waals surface area contributed by atoms with Crippen molar-refractivity contribution in [2.45, 2.75) is 19.4 Å². The van der Waals surface area contributed by atoms with Crippen LogP contribution in [-0.2, 0) is 0 Å². The molecule has 2 unspecified atom stereocenters. The number of piperidine rings is 1. The van der Waals surface area contributed by atoms with Crippen LogP contribution >= 0.6 is 0 Å². The van der Waals surface area contributed by atoms with E-state index in [0.29, 0.717) is 5.92 Å². The van der Waals surface area contributed by atoms with Crippen LogP contribution in [0.2, 0.25) is 0 Å². The third kappa shape index (κ3) is 1.76. The van der Waals surface area contributed by atoms with Crippen molar-refractivity contribution in [1.82, 2.24) is 14.6 Å². The van der Waals surface area contributed by atoms with Gasteiger partial charge in [0, 0.05) is 31.5 Å². The number of anilines is 1. The van der Waals surface area contributed by atoms with E-state index < -0.39 is 0 Å². The Bertz CT molecular complexity index is 520. The molecule has 5 heteroatoms. The summed E-state index contributed by atoms with van der Waals surface area (Å²) in [4.78, 5) is 6.74. The van der Waals surface area contributed by atoms with E-state index in [4.69, 9.17) is 5.73 Å². The first kappa shape index (κ1) is 10.5. The summed E-state index contributed by atoms with van der Waals surface area (Å²) in [6.45, 7) is 4.11. The van der Waals surface area contributed by atoms with Crippen LogP contribution in [0.25, 0.3) is 5.52 Å². The molecule has 1 aliphatic rings. The van der Waals surface area contributed by atoms with E-state index >= 15 is 0 Å². The minimum absolute atomic E-state index is 0.230. The molecule has 0 bridgehead atoms. The third-order valence-electron chi connectivity index (χ3n) is 3.62. The molecule has 3 heterocycles. The van der Waals surface area contributed by atoms with Gasteiger partial charge in [0.1, 0.15) is 5.52 Å². The fourth-order valence-electron chi connectivity index (χ4n) is 2.38. The summed E-state index contributed by atoms with van der Waals surface area (Å²) in [6.07, 6.45) is 6.58. The molecule has 0 aliphatic carbocycles. The lowest BCUT2D eigenvalue weighted by molar-refractivity contribution is 0.378. The Morgan fingerprint density at radius 1 is 1.41 bits per heavy atom. The van der Waals surface area contributed by atoms with Gasteiger partial charge >= 0.3 is 0 Å². The van der Waals surface area contributed by atoms with Crippen molar-refractivity contribution in [3.05, 3.63) is 24.7 Å². The predicted octanol–water partition coefficient (Wildman–Crippen LogP) is 0.903. The van der Waals surface area contributed by atoms with Crippen molar-refractivity contribution in [2.75, 3.05) is 18.0 Å². The van der Waals surface area contributed by atoms with Gasteiger partial charge < -0.3 is 10.6 Å². The molecule has 90 valence electrons. The lowest BCUT2D eigenvalue weighted by Crippen LogP contribution is -2.48. The molecular weight excluding hydrogens is 214 g/mol. The van der Waals surface area contributed by atoms with Gasteiger partial charge in [-0.15, -0.1) is 0 Å². The molecule has 1 fully saturated rings. The van der Waals surface area contributed by atoms with E-state index in [-0.39, 0.29) is 6.04 Å². The van der Waals surface area contributed by atoms with Crippen LogP contribution in [0.4, 0.5) is 5.82 Å². The summed E-state index contributed by atoms with van der Waals surface area (Å²) in [5, 5.41) is 4.23. The predicted molar refractivity (Wildman–Crippen MR) is 67.0 cm³/mol. The maximum atomic E-state index is 6.13. The first-order chi connectivity index (χ1) is 8.25. The van der Waals surface area contributed by atoms with Crippen LogP contribution < -0.4 is 10.6 Å². The summed E-state index contributed by atoms with van der Waals surface area (Å²) >= 11 is 0. The topological polar surface area (TPSA) is 59.5 Å². The van der Waals surface area contributed by atoms with E-state index in [1.165, 1.54) is 0 Å². The highest BCUT2D eigenvalue weighted by molar-refractivity contribution is 5.68. The minimum atomic E-state index is 0.230. The van der Waals surface area contributed by atoms with Crippen LogP contribution in [0.1, 0.15) is 13.3 Å². The van der Waals surface area contributed by atoms with Crippen LogP contribution in [0, 0.1) is 5.92 Å². The van der Waals surface area contributed by atoms with Gasteiger partial charge in [-0.3, -0.25) is 0 Å². The van der Waals surface area contributed by atoms with E-state index in [0.717, 1.165) is 30.8 Å². The number of fused-ring (bicyclic) bond motifs is 1. The highest BCUT2D eigenvalue weighted by atomic mass is 15.3. The standard InChI is InChI=1S/C12H17N5/c1-9-3-6-16(8-10(9)13)12-11-2-4-15-17(11)7-5-14-12/h2,4-5,7,9-10H,3,6,8,13H2,1H3. The Morgan fingerprint density at radius 3 is 3.12 bits per heavy atom. The van der Waals surface area contributed by atoms with Gasteiger partial charge in [0.15, 0.2) is 5.82 Å². The number of rotatable bonds is 1. The molecule has 2 atom stereocenters.